The van der Waals surface area contributed by atoms with Crippen LogP contribution in [0.2, 0.25) is 5.02 Å². The van der Waals surface area contributed by atoms with Gasteiger partial charge in [-0.25, -0.2) is 0 Å². The van der Waals surface area contributed by atoms with E-state index in [2.05, 4.69) is 23.2 Å². The monoisotopic (exact) mass is 388 g/mol. The van der Waals surface area contributed by atoms with E-state index in [0.717, 1.165) is 42.6 Å². The minimum Gasteiger partial charge on any atom is -0.497 e. The summed E-state index contributed by atoms with van der Waals surface area (Å²) in [5.41, 5.74) is 3.18. The Morgan fingerprint density at radius 3 is 2.67 bits per heavy atom. The standard InChI is InChI=1S/C21H26ClN3O2/c1-15-7-8-17(22)13-20(15)25-11-9-24(10-12-25)16(2)21(26)23-18-5-4-6-19(14-18)27-3/h4-8,13-14,16H,9-12H2,1-3H3,(H,23,26)/p+1/t16-/m0/s1. The van der Waals surface area contributed by atoms with E-state index in [1.807, 2.05) is 43.3 Å². The lowest BCUT2D eigenvalue weighted by molar-refractivity contribution is -0.914. The molecule has 2 N–H and O–H groups in total. The fraction of sp³-hybridized carbons (Fsp3) is 0.381. The highest BCUT2D eigenvalue weighted by Gasteiger charge is 2.29. The molecule has 2 aromatic rings. The molecule has 0 bridgehead atoms. The number of hydrogen-bond acceptors (Lipinski definition) is 3. The number of ether oxygens (including phenoxy) is 1. The summed E-state index contributed by atoms with van der Waals surface area (Å²) >= 11 is 6.16. The van der Waals surface area contributed by atoms with E-state index < -0.39 is 0 Å². The van der Waals surface area contributed by atoms with E-state index in [9.17, 15) is 4.79 Å². The second kappa shape index (κ2) is 8.63. The molecule has 1 aliphatic rings. The number of amides is 1. The predicted molar refractivity (Wildman–Crippen MR) is 110 cm³/mol. The van der Waals surface area contributed by atoms with Crippen LogP contribution in [0.3, 0.4) is 0 Å². The lowest BCUT2D eigenvalue weighted by Gasteiger charge is -2.36. The van der Waals surface area contributed by atoms with E-state index in [0.29, 0.717) is 0 Å². The van der Waals surface area contributed by atoms with Crippen LogP contribution in [-0.2, 0) is 4.79 Å². The van der Waals surface area contributed by atoms with E-state index in [4.69, 9.17) is 16.3 Å². The number of nitrogens with zero attached hydrogens (tertiary/aromatic N) is 1. The third kappa shape index (κ3) is 4.73. The van der Waals surface area contributed by atoms with Gasteiger partial charge in [0.2, 0.25) is 0 Å². The Labute approximate surface area is 165 Å². The van der Waals surface area contributed by atoms with Crippen LogP contribution in [0.15, 0.2) is 42.5 Å². The van der Waals surface area contributed by atoms with Crippen LogP contribution in [0, 0.1) is 6.92 Å². The molecule has 1 amide bonds. The highest BCUT2D eigenvalue weighted by molar-refractivity contribution is 6.30. The van der Waals surface area contributed by atoms with Crippen LogP contribution in [0.5, 0.6) is 5.75 Å². The van der Waals surface area contributed by atoms with Gasteiger partial charge in [-0.2, -0.15) is 0 Å². The fourth-order valence-electron chi connectivity index (χ4n) is 3.53. The number of hydrogen-bond donors (Lipinski definition) is 2. The topological polar surface area (TPSA) is 46.0 Å². The fourth-order valence-corrected chi connectivity index (χ4v) is 3.69. The third-order valence-electron chi connectivity index (χ3n) is 5.26. The van der Waals surface area contributed by atoms with Crippen molar-refractivity contribution in [2.75, 3.05) is 43.5 Å². The average Bonchev–Trinajstić information content (AvgIpc) is 2.69. The van der Waals surface area contributed by atoms with Gasteiger partial charge in [-0.1, -0.05) is 23.7 Å². The van der Waals surface area contributed by atoms with Crippen LogP contribution < -0.4 is 19.9 Å². The van der Waals surface area contributed by atoms with Crippen molar-refractivity contribution in [2.45, 2.75) is 19.9 Å². The van der Waals surface area contributed by atoms with Crippen LogP contribution in [-0.4, -0.2) is 45.2 Å². The van der Waals surface area contributed by atoms with E-state index in [1.165, 1.54) is 16.2 Å². The summed E-state index contributed by atoms with van der Waals surface area (Å²) in [6.07, 6.45) is 0. The number of rotatable bonds is 5. The Bertz CT molecular complexity index is 804. The summed E-state index contributed by atoms with van der Waals surface area (Å²) in [4.78, 5) is 16.3. The number of piperazine rings is 1. The number of nitrogens with one attached hydrogen (secondary N) is 2. The molecule has 3 rings (SSSR count). The minimum absolute atomic E-state index is 0.0330. The predicted octanol–water partition coefficient (Wildman–Crippen LogP) is 2.39. The second-order valence-corrected chi connectivity index (χ2v) is 7.46. The summed E-state index contributed by atoms with van der Waals surface area (Å²) in [6, 6.07) is 13.3. The first-order valence-electron chi connectivity index (χ1n) is 9.28. The van der Waals surface area contributed by atoms with Crippen molar-refractivity contribution < 1.29 is 14.4 Å². The van der Waals surface area contributed by atoms with Crippen LogP contribution in [0.25, 0.3) is 0 Å². The van der Waals surface area contributed by atoms with E-state index >= 15 is 0 Å². The van der Waals surface area contributed by atoms with Crippen LogP contribution >= 0.6 is 11.6 Å². The smallest absolute Gasteiger partial charge is 0.282 e. The highest BCUT2D eigenvalue weighted by Crippen LogP contribution is 2.24. The van der Waals surface area contributed by atoms with Crippen molar-refractivity contribution in [3.8, 4) is 5.75 Å². The van der Waals surface area contributed by atoms with E-state index in [1.54, 1.807) is 7.11 Å². The summed E-state index contributed by atoms with van der Waals surface area (Å²) in [5, 5.41) is 3.76. The quantitative estimate of drug-likeness (QED) is 0.826. The van der Waals surface area contributed by atoms with Gasteiger partial charge in [-0.05, 0) is 43.7 Å². The summed E-state index contributed by atoms with van der Waals surface area (Å²) in [7, 11) is 1.62. The Morgan fingerprint density at radius 1 is 1.22 bits per heavy atom. The Hall–Kier alpha value is -2.24. The molecular weight excluding hydrogens is 362 g/mol. The number of anilines is 2. The number of carbonyl (C=O) groups excluding carboxylic acids is 1. The molecule has 0 unspecified atom stereocenters. The summed E-state index contributed by atoms with van der Waals surface area (Å²) in [6.45, 7) is 7.75. The number of quaternary nitrogens is 1. The molecule has 144 valence electrons. The molecule has 0 saturated carbocycles. The summed E-state index contributed by atoms with van der Waals surface area (Å²) < 4.78 is 5.21. The van der Waals surface area contributed by atoms with Gasteiger partial charge in [-0.15, -0.1) is 0 Å². The maximum absolute atomic E-state index is 12.7. The molecule has 1 saturated heterocycles. The van der Waals surface area contributed by atoms with Gasteiger partial charge < -0.3 is 19.9 Å². The Kier molecular flexibility index (Phi) is 6.24. The maximum atomic E-state index is 12.7. The Morgan fingerprint density at radius 2 is 1.96 bits per heavy atom. The maximum Gasteiger partial charge on any atom is 0.282 e. The molecule has 27 heavy (non-hydrogen) atoms. The van der Waals surface area contributed by atoms with Crippen LogP contribution in [0.1, 0.15) is 12.5 Å². The number of benzene rings is 2. The second-order valence-electron chi connectivity index (χ2n) is 7.02. The first-order chi connectivity index (χ1) is 13.0. The lowest BCUT2D eigenvalue weighted by atomic mass is 10.1. The van der Waals surface area contributed by atoms with Gasteiger partial charge in [0.15, 0.2) is 6.04 Å². The third-order valence-corrected chi connectivity index (χ3v) is 5.50. The molecule has 0 aromatic heterocycles. The number of aryl methyl sites for hydroxylation is 1. The summed E-state index contributed by atoms with van der Waals surface area (Å²) in [5.74, 6) is 0.768. The number of methoxy groups -OCH3 is 1. The van der Waals surface area contributed by atoms with Crippen molar-refractivity contribution in [2.24, 2.45) is 0 Å². The average molecular weight is 389 g/mol. The minimum atomic E-state index is -0.112. The van der Waals surface area contributed by atoms with Gasteiger partial charge in [-0.3, -0.25) is 4.79 Å². The normalized spacial score (nSPS) is 16.1. The lowest BCUT2D eigenvalue weighted by Crippen LogP contribution is -3.19. The van der Waals surface area contributed by atoms with Gasteiger partial charge >= 0.3 is 0 Å². The molecule has 0 spiro atoms. The molecular formula is C21H27ClN3O2+. The van der Waals surface area contributed by atoms with Crippen LogP contribution in [0.4, 0.5) is 11.4 Å². The molecule has 6 heteroatoms. The van der Waals surface area contributed by atoms with Crippen molar-refractivity contribution in [1.82, 2.24) is 0 Å². The molecule has 2 aromatic carbocycles. The zero-order valence-corrected chi connectivity index (χ0v) is 16.8. The molecule has 5 nitrogen and oxygen atoms in total. The van der Waals surface area contributed by atoms with Gasteiger partial charge in [0.05, 0.1) is 33.3 Å². The zero-order chi connectivity index (χ0) is 19.4. The first kappa shape index (κ1) is 19.5. The Balaban J connectivity index is 1.58. The molecule has 1 aliphatic heterocycles. The molecule has 0 aliphatic carbocycles. The zero-order valence-electron chi connectivity index (χ0n) is 16.1. The number of carbonyl (C=O) groups is 1. The largest absolute Gasteiger partial charge is 0.497 e. The van der Waals surface area contributed by atoms with Crippen molar-refractivity contribution in [3.05, 3.63) is 53.1 Å². The number of halogens is 1. The SMILES string of the molecule is COc1cccc(NC(=O)[C@H](C)[NH+]2CCN(c3cc(Cl)ccc3C)CC2)c1. The van der Waals surface area contributed by atoms with Crippen molar-refractivity contribution in [3.63, 3.8) is 0 Å². The molecule has 1 atom stereocenters. The van der Waals surface area contributed by atoms with Crippen molar-refractivity contribution >= 4 is 28.9 Å². The van der Waals surface area contributed by atoms with Gasteiger partial charge in [0.1, 0.15) is 5.75 Å². The van der Waals surface area contributed by atoms with Gasteiger partial charge in [0.25, 0.3) is 5.91 Å². The van der Waals surface area contributed by atoms with E-state index in [-0.39, 0.29) is 11.9 Å². The highest BCUT2D eigenvalue weighted by atomic mass is 35.5. The first-order valence-corrected chi connectivity index (χ1v) is 9.66. The molecule has 1 fully saturated rings. The van der Waals surface area contributed by atoms with Crippen molar-refractivity contribution in [1.29, 1.82) is 0 Å². The van der Waals surface area contributed by atoms with Gasteiger partial charge in [0, 0.05) is 22.5 Å². The molecule has 0 radical (unpaired) electrons. The molecule has 1 heterocycles.